The van der Waals surface area contributed by atoms with Crippen molar-refractivity contribution in [2.45, 2.75) is 0 Å². The van der Waals surface area contributed by atoms with Gasteiger partial charge in [-0.1, -0.05) is 6.07 Å². The Labute approximate surface area is 85.5 Å². The third-order valence-electron chi connectivity index (χ3n) is 1.65. The van der Waals surface area contributed by atoms with Gasteiger partial charge in [0.1, 0.15) is 5.84 Å². The van der Waals surface area contributed by atoms with Crippen molar-refractivity contribution in [1.29, 1.82) is 5.41 Å². The highest BCUT2D eigenvalue weighted by Gasteiger charge is 2.15. The zero-order valence-corrected chi connectivity index (χ0v) is 8.08. The fourth-order valence-electron chi connectivity index (χ4n) is 1.04. The van der Waals surface area contributed by atoms with Crippen LogP contribution in [0.25, 0.3) is 6.08 Å². The maximum Gasteiger partial charge on any atom is 0.187 e. The van der Waals surface area contributed by atoms with Gasteiger partial charge in [-0.25, -0.2) is 4.99 Å². The third-order valence-corrected chi connectivity index (χ3v) is 2.48. The summed E-state index contributed by atoms with van der Waals surface area (Å²) in [5.41, 5.74) is 6.43. The minimum Gasteiger partial charge on any atom is -0.383 e. The zero-order chi connectivity index (χ0) is 9.97. The van der Waals surface area contributed by atoms with Gasteiger partial charge in [0.05, 0.1) is 10.6 Å². The van der Waals surface area contributed by atoms with Crippen molar-refractivity contribution in [2.75, 3.05) is 0 Å². The Kier molecular flexibility index (Phi) is 2.32. The highest BCUT2D eigenvalue weighted by molar-refractivity contribution is 8.18. The molecule has 2 heterocycles. The van der Waals surface area contributed by atoms with Crippen LogP contribution in [0.5, 0.6) is 0 Å². The molecule has 2 rings (SSSR count). The molecule has 4 nitrogen and oxygen atoms in total. The molecule has 1 aromatic heterocycles. The highest BCUT2D eigenvalue weighted by Crippen LogP contribution is 2.25. The van der Waals surface area contributed by atoms with Gasteiger partial charge in [0, 0.05) is 6.20 Å². The number of pyridine rings is 1. The quantitative estimate of drug-likeness (QED) is 0.727. The number of nitrogens with one attached hydrogen (secondary N) is 1. The van der Waals surface area contributed by atoms with E-state index in [-0.39, 0.29) is 5.17 Å². The topological polar surface area (TPSA) is 75.1 Å². The Hall–Kier alpha value is -1.62. The molecular formula is C9H8N4S. The largest absolute Gasteiger partial charge is 0.383 e. The van der Waals surface area contributed by atoms with Crippen molar-refractivity contribution in [1.82, 2.24) is 4.98 Å². The lowest BCUT2D eigenvalue weighted by Gasteiger charge is -1.95. The smallest absolute Gasteiger partial charge is 0.187 e. The van der Waals surface area contributed by atoms with Gasteiger partial charge >= 0.3 is 0 Å². The summed E-state index contributed by atoms with van der Waals surface area (Å²) in [6.07, 6.45) is 3.54. The molecular weight excluding hydrogens is 196 g/mol. The molecule has 1 aliphatic heterocycles. The van der Waals surface area contributed by atoms with Crippen molar-refractivity contribution in [3.8, 4) is 0 Å². The van der Waals surface area contributed by atoms with E-state index < -0.39 is 0 Å². The van der Waals surface area contributed by atoms with Gasteiger partial charge in [0.25, 0.3) is 0 Å². The van der Waals surface area contributed by atoms with Crippen molar-refractivity contribution in [3.05, 3.63) is 35.0 Å². The van der Waals surface area contributed by atoms with Gasteiger partial charge in [-0.15, -0.1) is 0 Å². The van der Waals surface area contributed by atoms with Gasteiger partial charge in [0.15, 0.2) is 5.17 Å². The number of aliphatic imine (C=N–C) groups is 1. The van der Waals surface area contributed by atoms with Crippen LogP contribution in [0.2, 0.25) is 0 Å². The molecule has 14 heavy (non-hydrogen) atoms. The number of hydrogen-bond acceptors (Lipinski definition) is 4. The first kappa shape index (κ1) is 8.96. The second-order valence-corrected chi connectivity index (χ2v) is 3.70. The highest BCUT2D eigenvalue weighted by atomic mass is 32.2. The number of nitrogens with zero attached hydrogens (tertiary/aromatic N) is 2. The molecule has 0 atom stereocenters. The van der Waals surface area contributed by atoms with Gasteiger partial charge in [-0.05, 0) is 30.0 Å². The molecule has 0 fully saturated rings. The summed E-state index contributed by atoms with van der Waals surface area (Å²) in [6, 6.07) is 5.63. The van der Waals surface area contributed by atoms with Crippen LogP contribution in [-0.2, 0) is 0 Å². The Bertz CT molecular complexity index is 422. The molecule has 0 spiro atoms. The predicted molar refractivity (Wildman–Crippen MR) is 59.2 cm³/mol. The lowest BCUT2D eigenvalue weighted by Crippen LogP contribution is -2.08. The Morgan fingerprint density at radius 1 is 1.43 bits per heavy atom. The summed E-state index contributed by atoms with van der Waals surface area (Å²) in [6.45, 7) is 0. The van der Waals surface area contributed by atoms with E-state index in [2.05, 4.69) is 9.98 Å². The van der Waals surface area contributed by atoms with E-state index in [0.29, 0.717) is 5.84 Å². The maximum absolute atomic E-state index is 7.31. The summed E-state index contributed by atoms with van der Waals surface area (Å²) in [5.74, 6) is 0.394. The lowest BCUT2D eigenvalue weighted by atomic mass is 10.3. The van der Waals surface area contributed by atoms with Crippen LogP contribution in [0.1, 0.15) is 5.69 Å². The van der Waals surface area contributed by atoms with E-state index in [9.17, 15) is 0 Å². The number of nitrogens with two attached hydrogens (primary N) is 1. The van der Waals surface area contributed by atoms with Crippen LogP contribution in [0.3, 0.4) is 0 Å². The minimum atomic E-state index is 0.227. The van der Waals surface area contributed by atoms with Gasteiger partial charge < -0.3 is 5.73 Å². The first-order chi connectivity index (χ1) is 6.75. The van der Waals surface area contributed by atoms with E-state index in [1.54, 1.807) is 6.20 Å². The summed E-state index contributed by atoms with van der Waals surface area (Å²) in [7, 11) is 0. The monoisotopic (exact) mass is 204 g/mol. The Balaban J connectivity index is 2.29. The molecule has 70 valence electrons. The van der Waals surface area contributed by atoms with Gasteiger partial charge in [-0.2, -0.15) is 0 Å². The molecule has 0 aromatic carbocycles. The van der Waals surface area contributed by atoms with E-state index in [0.717, 1.165) is 10.6 Å². The molecule has 0 unspecified atom stereocenters. The van der Waals surface area contributed by atoms with Crippen LogP contribution in [-0.4, -0.2) is 16.0 Å². The molecule has 1 aromatic rings. The molecule has 0 saturated carbocycles. The predicted octanol–water partition coefficient (Wildman–Crippen LogP) is 1.46. The number of thioether (sulfide) groups is 1. The maximum atomic E-state index is 7.31. The average Bonchev–Trinajstić information content (AvgIpc) is 2.47. The van der Waals surface area contributed by atoms with Crippen LogP contribution >= 0.6 is 11.8 Å². The first-order valence-electron chi connectivity index (χ1n) is 3.99. The standard InChI is InChI=1S/C9H8N4S/c10-8-7(14-9(11)13-8)5-6-3-1-2-4-12-6/h1-5H,(H3,10,11,13)/b7-5+. The molecule has 0 saturated heterocycles. The summed E-state index contributed by atoms with van der Waals surface area (Å²) < 4.78 is 0. The van der Waals surface area contributed by atoms with Crippen molar-refractivity contribution >= 4 is 28.8 Å². The number of rotatable bonds is 1. The first-order valence-corrected chi connectivity index (χ1v) is 4.81. The lowest BCUT2D eigenvalue weighted by molar-refractivity contribution is 1.30. The normalized spacial score (nSPS) is 18.7. The summed E-state index contributed by atoms with van der Waals surface area (Å²) in [4.78, 5) is 8.73. The fraction of sp³-hybridized carbons (Fsp3) is 0. The average molecular weight is 204 g/mol. The molecule has 0 amide bonds. The summed E-state index contributed by atoms with van der Waals surface area (Å²) in [5, 5.41) is 7.54. The number of amidine groups is 2. The van der Waals surface area contributed by atoms with Crippen LogP contribution in [0.4, 0.5) is 0 Å². The minimum absolute atomic E-state index is 0.227. The molecule has 0 aliphatic carbocycles. The fourth-order valence-corrected chi connectivity index (χ4v) is 1.73. The van der Waals surface area contributed by atoms with Gasteiger partial charge in [-0.3, -0.25) is 10.4 Å². The number of aromatic nitrogens is 1. The second kappa shape index (κ2) is 3.63. The van der Waals surface area contributed by atoms with Crippen molar-refractivity contribution in [2.24, 2.45) is 10.7 Å². The van der Waals surface area contributed by atoms with Crippen LogP contribution in [0.15, 0.2) is 34.3 Å². The zero-order valence-electron chi connectivity index (χ0n) is 7.27. The molecule has 1 aliphatic rings. The molecule has 3 N–H and O–H groups in total. The molecule has 0 radical (unpaired) electrons. The van der Waals surface area contributed by atoms with Crippen molar-refractivity contribution < 1.29 is 0 Å². The summed E-state index contributed by atoms with van der Waals surface area (Å²) >= 11 is 1.24. The van der Waals surface area contributed by atoms with E-state index in [4.69, 9.17) is 11.1 Å². The van der Waals surface area contributed by atoms with Crippen LogP contribution < -0.4 is 5.73 Å². The molecule has 5 heteroatoms. The number of hydrogen-bond donors (Lipinski definition) is 2. The second-order valence-electron chi connectivity index (χ2n) is 2.67. The Morgan fingerprint density at radius 2 is 2.29 bits per heavy atom. The van der Waals surface area contributed by atoms with Crippen LogP contribution in [0, 0.1) is 5.41 Å². The van der Waals surface area contributed by atoms with E-state index >= 15 is 0 Å². The van der Waals surface area contributed by atoms with E-state index in [1.807, 2.05) is 24.3 Å². The van der Waals surface area contributed by atoms with E-state index in [1.165, 1.54) is 11.8 Å². The molecule has 0 bridgehead atoms. The Morgan fingerprint density at radius 3 is 2.86 bits per heavy atom. The SMILES string of the molecule is N=C1N=C(N)/C(=C\c2ccccn2)S1. The third kappa shape index (κ3) is 1.82. The van der Waals surface area contributed by atoms with Gasteiger partial charge in [0.2, 0.25) is 0 Å². The van der Waals surface area contributed by atoms with Crippen molar-refractivity contribution in [3.63, 3.8) is 0 Å².